The fraction of sp³-hybridized carbons (Fsp3) is 0.562. The van der Waals surface area contributed by atoms with E-state index in [0.717, 1.165) is 5.56 Å². The first kappa shape index (κ1) is 17.0. The summed E-state index contributed by atoms with van der Waals surface area (Å²) in [6.07, 6.45) is 1.25. The van der Waals surface area contributed by atoms with Crippen molar-refractivity contribution in [1.82, 2.24) is 5.32 Å². The van der Waals surface area contributed by atoms with Gasteiger partial charge in [-0.15, -0.1) is 0 Å². The van der Waals surface area contributed by atoms with Gasteiger partial charge in [-0.1, -0.05) is 51.4 Å². The first-order valence-electron chi connectivity index (χ1n) is 7.19. The van der Waals surface area contributed by atoms with E-state index in [9.17, 15) is 4.79 Å². The lowest BCUT2D eigenvalue weighted by Crippen LogP contribution is -2.54. The quantitative estimate of drug-likeness (QED) is 0.841. The van der Waals surface area contributed by atoms with Gasteiger partial charge >= 0.3 is 0 Å². The molecule has 3 nitrogen and oxygen atoms in total. The summed E-state index contributed by atoms with van der Waals surface area (Å²) in [6.45, 7) is 8.04. The van der Waals surface area contributed by atoms with Crippen molar-refractivity contribution in [2.45, 2.75) is 52.1 Å². The molecule has 0 fully saturated rings. The molecule has 1 rings (SSSR count). The van der Waals surface area contributed by atoms with E-state index >= 15 is 0 Å². The van der Waals surface area contributed by atoms with Crippen LogP contribution in [0.15, 0.2) is 24.3 Å². The Labute approximate surface area is 126 Å². The number of halogens is 1. The zero-order valence-electron chi connectivity index (χ0n) is 12.7. The minimum atomic E-state index is -0.792. The zero-order valence-corrected chi connectivity index (χ0v) is 13.5. The molecule has 0 heterocycles. The molecule has 1 aromatic carbocycles. The van der Waals surface area contributed by atoms with Gasteiger partial charge in [0, 0.05) is 5.02 Å². The fourth-order valence-corrected chi connectivity index (χ4v) is 2.29. The van der Waals surface area contributed by atoms with E-state index in [1.54, 1.807) is 0 Å². The number of hydrogen-bond acceptors (Lipinski definition) is 2. The Morgan fingerprint density at radius 3 is 2.15 bits per heavy atom. The Kier molecular flexibility index (Phi) is 6.03. The average molecular weight is 297 g/mol. The third kappa shape index (κ3) is 3.97. The monoisotopic (exact) mass is 296 g/mol. The lowest BCUT2D eigenvalue weighted by atomic mass is 9.90. The van der Waals surface area contributed by atoms with Crippen LogP contribution in [0.5, 0.6) is 0 Å². The summed E-state index contributed by atoms with van der Waals surface area (Å²) in [5.74, 6) is 0.189. The number of benzene rings is 1. The van der Waals surface area contributed by atoms with Gasteiger partial charge in [0.15, 0.2) is 0 Å². The van der Waals surface area contributed by atoms with Crippen LogP contribution >= 0.6 is 11.6 Å². The van der Waals surface area contributed by atoms with E-state index in [0.29, 0.717) is 17.9 Å². The molecule has 4 heteroatoms. The van der Waals surface area contributed by atoms with E-state index < -0.39 is 5.54 Å². The minimum absolute atomic E-state index is 0.0548. The lowest BCUT2D eigenvalue weighted by Gasteiger charge is -2.30. The SMILES string of the molecule is CCC(N)(CC)C(=O)NC(c1ccc(Cl)cc1)C(C)C. The molecule has 0 spiro atoms. The van der Waals surface area contributed by atoms with Crippen molar-refractivity contribution in [3.8, 4) is 0 Å². The van der Waals surface area contributed by atoms with Crippen LogP contribution in [0.4, 0.5) is 0 Å². The molecule has 0 aliphatic carbocycles. The van der Waals surface area contributed by atoms with Gasteiger partial charge in [-0.25, -0.2) is 0 Å². The van der Waals surface area contributed by atoms with Crippen LogP contribution in [0.25, 0.3) is 0 Å². The topological polar surface area (TPSA) is 55.1 Å². The van der Waals surface area contributed by atoms with Gasteiger partial charge in [0.05, 0.1) is 11.6 Å². The van der Waals surface area contributed by atoms with Crippen LogP contribution in [0.3, 0.4) is 0 Å². The molecular weight excluding hydrogens is 272 g/mol. The molecule has 0 saturated heterocycles. The Morgan fingerprint density at radius 2 is 1.75 bits per heavy atom. The third-order valence-electron chi connectivity index (χ3n) is 3.90. The maximum Gasteiger partial charge on any atom is 0.240 e. The standard InChI is InChI=1S/C16H25ClN2O/c1-5-16(18,6-2)15(20)19-14(11(3)4)12-7-9-13(17)10-8-12/h7-11,14H,5-6,18H2,1-4H3,(H,19,20). The Morgan fingerprint density at radius 1 is 1.25 bits per heavy atom. The zero-order chi connectivity index (χ0) is 15.3. The Hall–Kier alpha value is -1.06. The summed E-state index contributed by atoms with van der Waals surface area (Å²) < 4.78 is 0. The smallest absolute Gasteiger partial charge is 0.240 e. The average Bonchev–Trinajstić information content (AvgIpc) is 2.44. The minimum Gasteiger partial charge on any atom is -0.347 e. The highest BCUT2D eigenvalue weighted by Crippen LogP contribution is 2.24. The summed E-state index contributed by atoms with van der Waals surface area (Å²) in [5, 5.41) is 3.78. The molecule has 0 aromatic heterocycles. The van der Waals surface area contributed by atoms with E-state index in [1.807, 2.05) is 38.1 Å². The van der Waals surface area contributed by atoms with Gasteiger partial charge < -0.3 is 11.1 Å². The molecule has 1 unspecified atom stereocenters. The highest BCUT2D eigenvalue weighted by Gasteiger charge is 2.32. The number of rotatable bonds is 6. The van der Waals surface area contributed by atoms with E-state index in [4.69, 9.17) is 17.3 Å². The largest absolute Gasteiger partial charge is 0.347 e. The molecule has 0 aliphatic heterocycles. The predicted molar refractivity (Wildman–Crippen MR) is 84.7 cm³/mol. The number of hydrogen-bond donors (Lipinski definition) is 2. The highest BCUT2D eigenvalue weighted by molar-refractivity contribution is 6.30. The molecule has 1 aromatic rings. The maximum absolute atomic E-state index is 12.4. The van der Waals surface area contributed by atoms with Crippen molar-refractivity contribution in [3.05, 3.63) is 34.9 Å². The first-order chi connectivity index (χ1) is 9.34. The Balaban J connectivity index is 2.94. The predicted octanol–water partition coefficient (Wildman–Crippen LogP) is 3.67. The van der Waals surface area contributed by atoms with Gasteiger partial charge in [-0.05, 0) is 36.5 Å². The van der Waals surface area contributed by atoms with Crippen molar-refractivity contribution in [3.63, 3.8) is 0 Å². The van der Waals surface area contributed by atoms with Crippen molar-refractivity contribution < 1.29 is 4.79 Å². The molecule has 3 N–H and O–H groups in total. The highest BCUT2D eigenvalue weighted by atomic mass is 35.5. The van der Waals surface area contributed by atoms with Crippen molar-refractivity contribution >= 4 is 17.5 Å². The van der Waals surface area contributed by atoms with Crippen LogP contribution in [0.1, 0.15) is 52.1 Å². The van der Waals surface area contributed by atoms with Crippen molar-refractivity contribution in [2.24, 2.45) is 11.7 Å². The van der Waals surface area contributed by atoms with Gasteiger partial charge in [0.2, 0.25) is 5.91 Å². The maximum atomic E-state index is 12.4. The van der Waals surface area contributed by atoms with Gasteiger partial charge in [0.25, 0.3) is 0 Å². The van der Waals surface area contributed by atoms with Gasteiger partial charge in [0.1, 0.15) is 0 Å². The molecular formula is C16H25ClN2O. The normalized spacial score (nSPS) is 13.3. The first-order valence-corrected chi connectivity index (χ1v) is 7.57. The molecule has 0 aliphatic rings. The van der Waals surface area contributed by atoms with Crippen LogP contribution < -0.4 is 11.1 Å². The summed E-state index contributed by atoms with van der Waals surface area (Å²) in [6, 6.07) is 7.52. The summed E-state index contributed by atoms with van der Waals surface area (Å²) in [7, 11) is 0. The second kappa shape index (κ2) is 7.09. The van der Waals surface area contributed by atoms with E-state index in [-0.39, 0.29) is 17.9 Å². The van der Waals surface area contributed by atoms with Crippen molar-refractivity contribution in [1.29, 1.82) is 0 Å². The van der Waals surface area contributed by atoms with Crippen LogP contribution in [0.2, 0.25) is 5.02 Å². The van der Waals surface area contributed by atoms with E-state index in [2.05, 4.69) is 19.2 Å². The summed E-state index contributed by atoms with van der Waals surface area (Å²) >= 11 is 5.91. The van der Waals surface area contributed by atoms with Crippen molar-refractivity contribution in [2.75, 3.05) is 0 Å². The number of carbonyl (C=O) groups is 1. The number of carbonyl (C=O) groups excluding carboxylic acids is 1. The van der Waals surface area contributed by atoms with Gasteiger partial charge in [-0.3, -0.25) is 4.79 Å². The Bertz CT molecular complexity index is 438. The molecule has 1 amide bonds. The summed E-state index contributed by atoms with van der Waals surface area (Å²) in [5.41, 5.74) is 6.41. The molecule has 20 heavy (non-hydrogen) atoms. The van der Waals surface area contributed by atoms with Crippen LogP contribution in [-0.2, 0) is 4.79 Å². The molecule has 112 valence electrons. The lowest BCUT2D eigenvalue weighted by molar-refractivity contribution is -0.127. The van der Waals surface area contributed by atoms with Crippen LogP contribution in [0, 0.1) is 5.92 Å². The second-order valence-electron chi connectivity index (χ2n) is 5.61. The molecule has 0 bridgehead atoms. The molecule has 0 radical (unpaired) electrons. The van der Waals surface area contributed by atoms with E-state index in [1.165, 1.54) is 0 Å². The third-order valence-corrected chi connectivity index (χ3v) is 4.15. The number of nitrogens with one attached hydrogen (secondary N) is 1. The molecule has 0 saturated carbocycles. The fourth-order valence-electron chi connectivity index (χ4n) is 2.16. The van der Waals surface area contributed by atoms with Gasteiger partial charge in [-0.2, -0.15) is 0 Å². The number of amides is 1. The second-order valence-corrected chi connectivity index (χ2v) is 6.05. The number of nitrogens with two attached hydrogens (primary N) is 1. The summed E-state index contributed by atoms with van der Waals surface area (Å²) in [4.78, 5) is 12.4. The van der Waals surface area contributed by atoms with Crippen LogP contribution in [-0.4, -0.2) is 11.4 Å². The molecule has 1 atom stereocenters.